The molecule has 0 aliphatic carbocycles. The number of rotatable bonds is 5. The summed E-state index contributed by atoms with van der Waals surface area (Å²) in [6.07, 6.45) is 3.07. The highest BCUT2D eigenvalue weighted by Crippen LogP contribution is 2.19. The topological polar surface area (TPSA) is 76.5 Å². The van der Waals surface area contributed by atoms with Crippen LogP contribution in [-0.2, 0) is 16.6 Å². The van der Waals surface area contributed by atoms with Crippen molar-refractivity contribution in [1.82, 2.24) is 4.31 Å². The number of hydrogen-bond donors (Lipinski definition) is 1. The summed E-state index contributed by atoms with van der Waals surface area (Å²) in [5.41, 5.74) is 6.93. The number of nitrogens with two attached hydrogens (primary N) is 1. The van der Waals surface area contributed by atoms with E-state index in [4.69, 9.17) is 10.2 Å². The predicted molar refractivity (Wildman–Crippen MR) is 72.8 cm³/mol. The van der Waals surface area contributed by atoms with Gasteiger partial charge in [-0.1, -0.05) is 6.92 Å². The summed E-state index contributed by atoms with van der Waals surface area (Å²) < 4.78 is 31.3. The van der Waals surface area contributed by atoms with Crippen LogP contribution in [0.15, 0.2) is 52.2 Å². The van der Waals surface area contributed by atoms with Crippen molar-refractivity contribution in [3.63, 3.8) is 0 Å². The van der Waals surface area contributed by atoms with Crippen molar-refractivity contribution in [3.05, 3.63) is 48.4 Å². The SMILES string of the molecule is CCN(Cc1ccoc1)S(=O)(=O)c1ccc(N)cc1. The van der Waals surface area contributed by atoms with Gasteiger partial charge in [-0.2, -0.15) is 4.31 Å². The molecule has 1 aromatic carbocycles. The average Bonchev–Trinajstić information content (AvgIpc) is 2.89. The lowest BCUT2D eigenvalue weighted by atomic mass is 10.3. The van der Waals surface area contributed by atoms with Gasteiger partial charge in [-0.15, -0.1) is 0 Å². The summed E-state index contributed by atoms with van der Waals surface area (Å²) in [5.74, 6) is 0. The van der Waals surface area contributed by atoms with Crippen LogP contribution < -0.4 is 5.73 Å². The highest BCUT2D eigenvalue weighted by atomic mass is 32.2. The molecular weight excluding hydrogens is 264 g/mol. The van der Waals surface area contributed by atoms with E-state index in [9.17, 15) is 8.42 Å². The lowest BCUT2D eigenvalue weighted by molar-refractivity contribution is 0.421. The highest BCUT2D eigenvalue weighted by molar-refractivity contribution is 7.89. The van der Waals surface area contributed by atoms with Crippen LogP contribution in [0, 0.1) is 0 Å². The van der Waals surface area contributed by atoms with Crippen LogP contribution in [0.3, 0.4) is 0 Å². The van der Waals surface area contributed by atoms with E-state index in [-0.39, 0.29) is 4.90 Å². The van der Waals surface area contributed by atoms with Gasteiger partial charge in [0.15, 0.2) is 0 Å². The highest BCUT2D eigenvalue weighted by Gasteiger charge is 2.23. The Morgan fingerprint density at radius 3 is 2.42 bits per heavy atom. The fourth-order valence-electron chi connectivity index (χ4n) is 1.74. The van der Waals surface area contributed by atoms with E-state index >= 15 is 0 Å². The molecule has 1 heterocycles. The molecule has 19 heavy (non-hydrogen) atoms. The molecule has 2 N–H and O–H groups in total. The maximum absolute atomic E-state index is 12.5. The molecule has 2 aromatic rings. The first-order valence-electron chi connectivity index (χ1n) is 5.91. The second kappa shape index (κ2) is 5.46. The van der Waals surface area contributed by atoms with Gasteiger partial charge in [0, 0.05) is 24.3 Å². The maximum atomic E-state index is 12.5. The van der Waals surface area contributed by atoms with E-state index in [1.807, 2.05) is 0 Å². The van der Waals surface area contributed by atoms with Gasteiger partial charge in [-0.05, 0) is 30.3 Å². The average molecular weight is 280 g/mol. The number of sulfonamides is 1. The molecule has 2 rings (SSSR count). The molecule has 5 nitrogen and oxygen atoms in total. The van der Waals surface area contributed by atoms with Crippen molar-refractivity contribution >= 4 is 15.7 Å². The number of benzene rings is 1. The van der Waals surface area contributed by atoms with Crippen molar-refractivity contribution in [3.8, 4) is 0 Å². The van der Waals surface area contributed by atoms with Gasteiger partial charge in [-0.25, -0.2) is 8.42 Å². The van der Waals surface area contributed by atoms with Gasteiger partial charge >= 0.3 is 0 Å². The van der Waals surface area contributed by atoms with E-state index in [1.165, 1.54) is 22.7 Å². The molecular formula is C13H16N2O3S. The minimum Gasteiger partial charge on any atom is -0.472 e. The smallest absolute Gasteiger partial charge is 0.243 e. The Morgan fingerprint density at radius 2 is 1.89 bits per heavy atom. The van der Waals surface area contributed by atoms with Crippen LogP contribution in [0.1, 0.15) is 12.5 Å². The minimum absolute atomic E-state index is 0.243. The monoisotopic (exact) mass is 280 g/mol. The third kappa shape index (κ3) is 2.97. The van der Waals surface area contributed by atoms with Crippen LogP contribution in [0.25, 0.3) is 0 Å². The molecule has 0 unspecified atom stereocenters. The van der Waals surface area contributed by atoms with Crippen LogP contribution in [0.4, 0.5) is 5.69 Å². The summed E-state index contributed by atoms with van der Waals surface area (Å²) in [6, 6.07) is 7.95. The van der Waals surface area contributed by atoms with E-state index in [2.05, 4.69) is 0 Å². The Bertz CT molecular complexity index is 618. The number of nitrogens with zero attached hydrogens (tertiary/aromatic N) is 1. The molecule has 0 saturated heterocycles. The Morgan fingerprint density at radius 1 is 1.21 bits per heavy atom. The number of furan rings is 1. The van der Waals surface area contributed by atoms with Gasteiger partial charge in [0.25, 0.3) is 0 Å². The lowest BCUT2D eigenvalue weighted by Crippen LogP contribution is -2.30. The van der Waals surface area contributed by atoms with Gasteiger partial charge in [-0.3, -0.25) is 0 Å². The van der Waals surface area contributed by atoms with Gasteiger partial charge in [0.05, 0.1) is 17.4 Å². The zero-order chi connectivity index (χ0) is 13.9. The summed E-state index contributed by atoms with van der Waals surface area (Å²) in [6.45, 7) is 2.48. The summed E-state index contributed by atoms with van der Waals surface area (Å²) in [5, 5.41) is 0. The van der Waals surface area contributed by atoms with Crippen molar-refractivity contribution < 1.29 is 12.8 Å². The molecule has 102 valence electrons. The van der Waals surface area contributed by atoms with Gasteiger partial charge in [0.2, 0.25) is 10.0 Å². The molecule has 0 aliphatic rings. The molecule has 0 atom stereocenters. The molecule has 6 heteroatoms. The van der Waals surface area contributed by atoms with Gasteiger partial charge in [0.1, 0.15) is 0 Å². The van der Waals surface area contributed by atoms with E-state index in [0.717, 1.165) is 5.56 Å². The third-order valence-corrected chi connectivity index (χ3v) is 4.74. The summed E-state index contributed by atoms with van der Waals surface area (Å²) in [4.78, 5) is 0.243. The van der Waals surface area contributed by atoms with Crippen LogP contribution in [-0.4, -0.2) is 19.3 Å². The zero-order valence-corrected chi connectivity index (χ0v) is 11.4. The van der Waals surface area contributed by atoms with Crippen molar-refractivity contribution in [2.24, 2.45) is 0 Å². The standard InChI is InChI=1S/C13H16N2O3S/c1-2-15(9-11-7-8-18-10-11)19(16,17)13-5-3-12(14)4-6-13/h3-8,10H,2,9,14H2,1H3. The molecule has 0 spiro atoms. The van der Waals surface area contributed by atoms with Crippen molar-refractivity contribution in [2.75, 3.05) is 12.3 Å². The van der Waals surface area contributed by atoms with E-state index < -0.39 is 10.0 Å². The molecule has 0 saturated carbocycles. The maximum Gasteiger partial charge on any atom is 0.243 e. The molecule has 1 aromatic heterocycles. The fourth-order valence-corrected chi connectivity index (χ4v) is 3.18. The first-order valence-corrected chi connectivity index (χ1v) is 7.35. The molecule has 0 amide bonds. The normalized spacial score (nSPS) is 11.9. The largest absolute Gasteiger partial charge is 0.472 e. The van der Waals surface area contributed by atoms with Crippen LogP contribution in [0.2, 0.25) is 0 Å². The number of hydrogen-bond acceptors (Lipinski definition) is 4. The van der Waals surface area contributed by atoms with Crippen molar-refractivity contribution in [2.45, 2.75) is 18.4 Å². The third-order valence-electron chi connectivity index (χ3n) is 2.81. The Labute approximate surface area is 112 Å². The Hall–Kier alpha value is -1.79. The summed E-state index contributed by atoms with van der Waals surface area (Å²) >= 11 is 0. The molecule has 0 aliphatic heterocycles. The predicted octanol–water partition coefficient (Wildman–Crippen LogP) is 2.07. The lowest BCUT2D eigenvalue weighted by Gasteiger charge is -2.19. The molecule has 0 bridgehead atoms. The van der Waals surface area contributed by atoms with Crippen LogP contribution >= 0.6 is 0 Å². The Kier molecular flexibility index (Phi) is 3.92. The first kappa shape index (κ1) is 13.6. The van der Waals surface area contributed by atoms with E-state index in [0.29, 0.717) is 18.8 Å². The second-order valence-corrected chi connectivity index (χ2v) is 6.07. The fraction of sp³-hybridized carbons (Fsp3) is 0.231. The van der Waals surface area contributed by atoms with Crippen molar-refractivity contribution in [1.29, 1.82) is 0 Å². The quantitative estimate of drug-likeness (QED) is 0.851. The zero-order valence-electron chi connectivity index (χ0n) is 10.6. The number of anilines is 1. The van der Waals surface area contributed by atoms with Gasteiger partial charge < -0.3 is 10.2 Å². The second-order valence-electron chi connectivity index (χ2n) is 4.13. The van der Waals surface area contributed by atoms with Crippen LogP contribution in [0.5, 0.6) is 0 Å². The molecule has 0 radical (unpaired) electrons. The summed E-state index contributed by atoms with van der Waals surface area (Å²) in [7, 11) is -3.51. The minimum atomic E-state index is -3.51. The molecule has 0 fully saturated rings. The first-order chi connectivity index (χ1) is 9.04. The van der Waals surface area contributed by atoms with E-state index in [1.54, 1.807) is 31.4 Å². The number of nitrogen functional groups attached to an aromatic ring is 1. The Balaban J connectivity index is 2.28.